The monoisotopic (exact) mass is 309 g/mol. The van der Waals surface area contributed by atoms with E-state index in [1.54, 1.807) is 32.2 Å². The Bertz CT molecular complexity index is 810. The van der Waals surface area contributed by atoms with Crippen LogP contribution in [0.1, 0.15) is 19.5 Å². The summed E-state index contributed by atoms with van der Waals surface area (Å²) in [5, 5.41) is 3.05. The zero-order valence-electron chi connectivity index (χ0n) is 12.3. The fourth-order valence-corrected chi connectivity index (χ4v) is 2.18. The molecule has 0 saturated heterocycles. The second-order valence-corrected chi connectivity index (χ2v) is 8.30. The smallest absolute Gasteiger partial charge is 0.258 e. The molecule has 6 nitrogen and oxygen atoms in total. The Hall–Kier alpha value is -1.73. The van der Waals surface area contributed by atoms with Crippen LogP contribution >= 0.6 is 0 Å². The third-order valence-electron chi connectivity index (χ3n) is 3.48. The van der Waals surface area contributed by atoms with Crippen LogP contribution < -0.4 is 10.9 Å². The lowest BCUT2D eigenvalue weighted by Crippen LogP contribution is -2.41. The predicted molar refractivity (Wildman–Crippen MR) is 82.1 cm³/mol. The normalized spacial score (nSPS) is 12.7. The van der Waals surface area contributed by atoms with Crippen LogP contribution in [-0.2, 0) is 16.4 Å². The van der Waals surface area contributed by atoms with Gasteiger partial charge in [0.2, 0.25) is 0 Å². The first-order valence-electron chi connectivity index (χ1n) is 6.58. The number of sulfone groups is 1. The highest BCUT2D eigenvalue weighted by molar-refractivity contribution is 7.92. The van der Waals surface area contributed by atoms with Gasteiger partial charge in [0.05, 0.1) is 10.4 Å². The van der Waals surface area contributed by atoms with E-state index < -0.39 is 14.6 Å². The fraction of sp³-hybridized carbons (Fsp3) is 0.429. The summed E-state index contributed by atoms with van der Waals surface area (Å²) in [6.45, 7) is 3.97. The zero-order valence-corrected chi connectivity index (χ0v) is 13.1. The van der Waals surface area contributed by atoms with Crippen molar-refractivity contribution >= 4 is 15.5 Å². The van der Waals surface area contributed by atoms with Crippen LogP contribution in [-0.4, -0.2) is 35.4 Å². The maximum Gasteiger partial charge on any atom is 0.258 e. The maximum absolute atomic E-state index is 11.9. The van der Waals surface area contributed by atoms with Crippen molar-refractivity contribution in [3.8, 4) is 0 Å². The van der Waals surface area contributed by atoms with E-state index >= 15 is 0 Å². The van der Waals surface area contributed by atoms with Crippen LogP contribution in [0.15, 0.2) is 35.3 Å². The molecule has 1 N–H and O–H groups in total. The quantitative estimate of drug-likeness (QED) is 0.875. The van der Waals surface area contributed by atoms with Crippen LogP contribution in [0.2, 0.25) is 0 Å². The minimum Gasteiger partial charge on any atom is -0.310 e. The molecule has 0 aliphatic carbocycles. The van der Waals surface area contributed by atoms with Gasteiger partial charge in [-0.3, -0.25) is 9.20 Å². The topological polar surface area (TPSA) is 80.5 Å². The lowest BCUT2D eigenvalue weighted by molar-refractivity contribution is 0.519. The number of rotatable bonds is 5. The van der Waals surface area contributed by atoms with Gasteiger partial charge >= 0.3 is 0 Å². The van der Waals surface area contributed by atoms with Crippen LogP contribution in [0.5, 0.6) is 0 Å². The highest BCUT2D eigenvalue weighted by Crippen LogP contribution is 2.13. The van der Waals surface area contributed by atoms with Gasteiger partial charge in [0.25, 0.3) is 5.56 Å². The maximum atomic E-state index is 11.9. The van der Waals surface area contributed by atoms with Crippen molar-refractivity contribution in [3.05, 3.63) is 46.5 Å². The van der Waals surface area contributed by atoms with Crippen molar-refractivity contribution in [1.82, 2.24) is 14.7 Å². The molecule has 0 fully saturated rings. The second-order valence-electron chi connectivity index (χ2n) is 5.65. The molecule has 2 rings (SSSR count). The van der Waals surface area contributed by atoms with Crippen molar-refractivity contribution in [3.63, 3.8) is 0 Å². The standard InChI is InChI=1S/C14H19N3O3S/c1-14(2,21(3,19)20)10-15-9-11-8-13(18)17-7-5-4-6-12(17)16-11/h4-8,15H,9-10H2,1-3H3. The highest BCUT2D eigenvalue weighted by Gasteiger charge is 2.29. The van der Waals surface area contributed by atoms with Gasteiger partial charge in [-0.15, -0.1) is 0 Å². The van der Waals surface area contributed by atoms with Crippen molar-refractivity contribution in [2.24, 2.45) is 0 Å². The first-order valence-corrected chi connectivity index (χ1v) is 8.47. The molecule has 0 unspecified atom stereocenters. The van der Waals surface area contributed by atoms with E-state index in [4.69, 9.17) is 0 Å². The van der Waals surface area contributed by atoms with Gasteiger partial charge in [-0.2, -0.15) is 0 Å². The van der Waals surface area contributed by atoms with E-state index in [9.17, 15) is 13.2 Å². The lowest BCUT2D eigenvalue weighted by atomic mass is 10.2. The van der Waals surface area contributed by atoms with Crippen molar-refractivity contribution in [2.75, 3.05) is 12.8 Å². The largest absolute Gasteiger partial charge is 0.310 e. The molecule has 2 aromatic rings. The van der Waals surface area contributed by atoms with Crippen LogP contribution in [0.3, 0.4) is 0 Å². The Balaban J connectivity index is 2.13. The minimum atomic E-state index is -3.15. The Morgan fingerprint density at radius 3 is 2.71 bits per heavy atom. The van der Waals surface area contributed by atoms with Gasteiger partial charge in [0.15, 0.2) is 9.84 Å². The molecule has 0 spiro atoms. The third-order valence-corrected chi connectivity index (χ3v) is 5.64. The Morgan fingerprint density at radius 1 is 1.33 bits per heavy atom. The van der Waals surface area contributed by atoms with Gasteiger partial charge in [-0.1, -0.05) is 6.07 Å². The van der Waals surface area contributed by atoms with Gasteiger partial charge in [0.1, 0.15) is 5.65 Å². The van der Waals surface area contributed by atoms with E-state index in [1.807, 2.05) is 6.07 Å². The molecule has 0 saturated carbocycles. The van der Waals surface area contributed by atoms with E-state index in [0.717, 1.165) is 0 Å². The molecule has 2 heterocycles. The molecule has 21 heavy (non-hydrogen) atoms. The van der Waals surface area contributed by atoms with E-state index in [-0.39, 0.29) is 5.56 Å². The van der Waals surface area contributed by atoms with Crippen molar-refractivity contribution in [1.29, 1.82) is 0 Å². The number of hydrogen-bond donors (Lipinski definition) is 1. The van der Waals surface area contributed by atoms with E-state index in [2.05, 4.69) is 10.3 Å². The lowest BCUT2D eigenvalue weighted by Gasteiger charge is -2.22. The Kier molecular flexibility index (Phi) is 4.15. The molecule has 2 aromatic heterocycles. The first kappa shape index (κ1) is 15.7. The Morgan fingerprint density at radius 2 is 2.05 bits per heavy atom. The molecule has 0 radical (unpaired) electrons. The minimum absolute atomic E-state index is 0.153. The molecule has 0 atom stereocenters. The van der Waals surface area contributed by atoms with Crippen LogP contribution in [0, 0.1) is 0 Å². The molecule has 0 aliphatic heterocycles. The number of hydrogen-bond acceptors (Lipinski definition) is 5. The molecule has 7 heteroatoms. The highest BCUT2D eigenvalue weighted by atomic mass is 32.2. The summed E-state index contributed by atoms with van der Waals surface area (Å²) < 4.78 is 23.8. The number of nitrogens with zero attached hydrogens (tertiary/aromatic N) is 2. The summed E-state index contributed by atoms with van der Waals surface area (Å²) in [5.74, 6) is 0. The summed E-state index contributed by atoms with van der Waals surface area (Å²) in [6, 6.07) is 6.78. The summed E-state index contributed by atoms with van der Waals surface area (Å²) >= 11 is 0. The van der Waals surface area contributed by atoms with Gasteiger partial charge in [-0.05, 0) is 26.0 Å². The zero-order chi connectivity index (χ0) is 15.7. The van der Waals surface area contributed by atoms with E-state index in [0.29, 0.717) is 24.4 Å². The van der Waals surface area contributed by atoms with Crippen molar-refractivity contribution < 1.29 is 8.42 Å². The third kappa shape index (κ3) is 3.48. The first-order chi connectivity index (χ1) is 9.71. The molecular formula is C14H19N3O3S. The number of pyridine rings is 1. The van der Waals surface area contributed by atoms with E-state index in [1.165, 1.54) is 16.7 Å². The molecule has 0 aromatic carbocycles. The van der Waals surface area contributed by atoms with Gasteiger partial charge < -0.3 is 5.32 Å². The fourth-order valence-electron chi connectivity index (χ4n) is 1.82. The average molecular weight is 309 g/mol. The molecule has 0 bridgehead atoms. The molecule has 0 amide bonds. The number of nitrogens with one attached hydrogen (secondary N) is 1. The summed E-state index contributed by atoms with van der Waals surface area (Å²) in [7, 11) is -3.15. The molecule has 114 valence electrons. The van der Waals surface area contributed by atoms with Crippen LogP contribution in [0.25, 0.3) is 5.65 Å². The van der Waals surface area contributed by atoms with Crippen LogP contribution in [0.4, 0.5) is 0 Å². The average Bonchev–Trinajstić information content (AvgIpc) is 2.37. The number of aromatic nitrogens is 2. The SMILES string of the molecule is CC(C)(CNCc1cc(=O)n2ccccc2n1)S(C)(=O)=O. The number of fused-ring (bicyclic) bond motifs is 1. The van der Waals surface area contributed by atoms with Gasteiger partial charge in [0, 0.05) is 31.6 Å². The molecular weight excluding hydrogens is 290 g/mol. The Labute approximate surface area is 123 Å². The summed E-state index contributed by atoms with van der Waals surface area (Å²) in [4.78, 5) is 16.3. The van der Waals surface area contributed by atoms with Crippen molar-refractivity contribution in [2.45, 2.75) is 25.1 Å². The predicted octanol–water partition coefficient (Wildman–Crippen LogP) is 0.607. The summed E-state index contributed by atoms with van der Waals surface area (Å²) in [6.07, 6.45) is 2.88. The summed E-state index contributed by atoms with van der Waals surface area (Å²) in [5.41, 5.74) is 1.01. The molecule has 0 aliphatic rings. The van der Waals surface area contributed by atoms with Gasteiger partial charge in [-0.25, -0.2) is 13.4 Å². The second kappa shape index (κ2) is 5.57.